The summed E-state index contributed by atoms with van der Waals surface area (Å²) >= 11 is 0. The first-order valence-electron chi connectivity index (χ1n) is 8.59. The van der Waals surface area contributed by atoms with Gasteiger partial charge in [-0.05, 0) is 25.8 Å². The number of aryl methyl sites for hydroxylation is 1. The molecule has 1 aromatic rings. The van der Waals surface area contributed by atoms with E-state index in [4.69, 9.17) is 9.84 Å². The third-order valence-electron chi connectivity index (χ3n) is 4.78. The van der Waals surface area contributed by atoms with Crippen LogP contribution in [0.3, 0.4) is 0 Å². The normalized spacial score (nSPS) is 21.1. The van der Waals surface area contributed by atoms with Gasteiger partial charge in [0.15, 0.2) is 5.78 Å². The van der Waals surface area contributed by atoms with Crippen LogP contribution in [-0.2, 0) is 16.0 Å². The van der Waals surface area contributed by atoms with Crippen molar-refractivity contribution in [2.24, 2.45) is 0 Å². The van der Waals surface area contributed by atoms with Crippen LogP contribution < -0.4 is 0 Å². The lowest BCUT2D eigenvalue weighted by Crippen LogP contribution is -2.39. The molecule has 0 aromatic carbocycles. The molecule has 2 fully saturated rings. The molecule has 122 valence electrons. The van der Waals surface area contributed by atoms with Gasteiger partial charge in [0.05, 0.1) is 37.9 Å². The summed E-state index contributed by atoms with van der Waals surface area (Å²) in [6.07, 6.45) is 6.86. The molecule has 5 nitrogen and oxygen atoms in total. The van der Waals surface area contributed by atoms with E-state index in [1.165, 1.54) is 37.8 Å². The second kappa shape index (κ2) is 7.38. The number of carbonyl (C=O) groups excluding carboxylic acids is 1. The predicted octanol–water partition coefficient (Wildman–Crippen LogP) is 2.14. The lowest BCUT2D eigenvalue weighted by Gasteiger charge is -2.25. The Morgan fingerprint density at radius 2 is 2.00 bits per heavy atom. The molecule has 1 aliphatic carbocycles. The summed E-state index contributed by atoms with van der Waals surface area (Å²) in [6, 6.07) is 2.63. The van der Waals surface area contributed by atoms with Gasteiger partial charge in [-0.3, -0.25) is 14.4 Å². The van der Waals surface area contributed by atoms with Crippen molar-refractivity contribution in [1.82, 2.24) is 14.7 Å². The molecule has 0 radical (unpaired) electrons. The second-order valence-corrected chi connectivity index (χ2v) is 6.62. The van der Waals surface area contributed by atoms with E-state index in [1.54, 1.807) is 0 Å². The summed E-state index contributed by atoms with van der Waals surface area (Å²) < 4.78 is 7.48. The van der Waals surface area contributed by atoms with Crippen molar-refractivity contribution < 1.29 is 9.53 Å². The minimum Gasteiger partial charge on any atom is -0.379 e. The summed E-state index contributed by atoms with van der Waals surface area (Å²) in [5.41, 5.74) is 2.13. The van der Waals surface area contributed by atoms with Gasteiger partial charge in [-0.2, -0.15) is 5.10 Å². The van der Waals surface area contributed by atoms with E-state index in [-0.39, 0.29) is 5.78 Å². The first-order valence-corrected chi connectivity index (χ1v) is 8.59. The van der Waals surface area contributed by atoms with Crippen LogP contribution in [0.5, 0.6) is 0 Å². The zero-order chi connectivity index (χ0) is 15.4. The number of rotatable bonds is 5. The maximum Gasteiger partial charge on any atom is 0.152 e. The van der Waals surface area contributed by atoms with Gasteiger partial charge in [0, 0.05) is 18.8 Å². The Hall–Kier alpha value is -1.20. The second-order valence-electron chi connectivity index (χ2n) is 6.62. The molecule has 0 N–H and O–H groups in total. The molecule has 1 saturated carbocycles. The van der Waals surface area contributed by atoms with E-state index in [0.717, 1.165) is 32.0 Å². The summed E-state index contributed by atoms with van der Waals surface area (Å²) in [7, 11) is 0. The first kappa shape index (κ1) is 15.7. The van der Waals surface area contributed by atoms with E-state index in [1.807, 2.05) is 0 Å². The molecule has 1 aromatic heterocycles. The highest BCUT2D eigenvalue weighted by Crippen LogP contribution is 2.28. The Morgan fingerprint density at radius 1 is 1.27 bits per heavy atom. The van der Waals surface area contributed by atoms with Crippen LogP contribution >= 0.6 is 0 Å². The minimum atomic E-state index is 0.259. The Labute approximate surface area is 132 Å². The van der Waals surface area contributed by atoms with Gasteiger partial charge in [0.25, 0.3) is 0 Å². The molecule has 22 heavy (non-hydrogen) atoms. The summed E-state index contributed by atoms with van der Waals surface area (Å²) in [5.74, 6) is 0.259. The van der Waals surface area contributed by atoms with Gasteiger partial charge < -0.3 is 4.74 Å². The number of ketones is 1. The van der Waals surface area contributed by atoms with E-state index in [9.17, 15) is 4.79 Å². The highest BCUT2D eigenvalue weighted by molar-refractivity contribution is 5.82. The van der Waals surface area contributed by atoms with Crippen molar-refractivity contribution in [3.63, 3.8) is 0 Å². The number of ether oxygens (including phenoxy) is 1. The van der Waals surface area contributed by atoms with E-state index < -0.39 is 0 Å². The molecule has 0 unspecified atom stereocenters. The minimum absolute atomic E-state index is 0.259. The van der Waals surface area contributed by atoms with Crippen molar-refractivity contribution in [2.75, 3.05) is 32.8 Å². The zero-order valence-electron chi connectivity index (χ0n) is 13.6. The number of nitrogens with zero attached hydrogens (tertiary/aromatic N) is 3. The van der Waals surface area contributed by atoms with Gasteiger partial charge in [0.2, 0.25) is 0 Å². The highest BCUT2D eigenvalue weighted by atomic mass is 16.5. The number of hydrogen-bond donors (Lipinski definition) is 0. The van der Waals surface area contributed by atoms with Crippen LogP contribution in [0.25, 0.3) is 0 Å². The average molecular weight is 305 g/mol. The SMILES string of the molecule is Cc1cc(CC(=O)CN2CCOCC2)nn1C1CCCCC1. The van der Waals surface area contributed by atoms with E-state index >= 15 is 0 Å². The fourth-order valence-electron chi connectivity index (χ4n) is 3.60. The Balaban J connectivity index is 1.56. The summed E-state index contributed by atoms with van der Waals surface area (Å²) in [6.45, 7) is 5.84. The third-order valence-corrected chi connectivity index (χ3v) is 4.78. The van der Waals surface area contributed by atoms with Crippen LogP contribution in [0.1, 0.15) is 49.5 Å². The Kier molecular flexibility index (Phi) is 5.26. The van der Waals surface area contributed by atoms with Crippen molar-refractivity contribution in [1.29, 1.82) is 0 Å². The predicted molar refractivity (Wildman–Crippen MR) is 85.1 cm³/mol. The largest absolute Gasteiger partial charge is 0.379 e. The maximum atomic E-state index is 12.2. The smallest absolute Gasteiger partial charge is 0.152 e. The summed E-state index contributed by atoms with van der Waals surface area (Å²) in [4.78, 5) is 14.4. The third kappa shape index (κ3) is 3.96. The molecule has 0 amide bonds. The quantitative estimate of drug-likeness (QED) is 0.836. The molecule has 2 aliphatic rings. The maximum absolute atomic E-state index is 12.2. The van der Waals surface area contributed by atoms with Crippen molar-refractivity contribution in [3.8, 4) is 0 Å². The molecular formula is C17H27N3O2. The number of carbonyl (C=O) groups is 1. The highest BCUT2D eigenvalue weighted by Gasteiger charge is 2.20. The molecule has 3 rings (SSSR count). The molecule has 1 aliphatic heterocycles. The van der Waals surface area contributed by atoms with E-state index in [0.29, 0.717) is 19.0 Å². The number of aromatic nitrogens is 2. The van der Waals surface area contributed by atoms with Crippen molar-refractivity contribution >= 4 is 5.78 Å². The topological polar surface area (TPSA) is 47.4 Å². The van der Waals surface area contributed by atoms with Gasteiger partial charge in [-0.15, -0.1) is 0 Å². The number of morpholine rings is 1. The molecule has 1 saturated heterocycles. The van der Waals surface area contributed by atoms with Crippen LogP contribution in [-0.4, -0.2) is 53.3 Å². The molecule has 0 spiro atoms. The van der Waals surface area contributed by atoms with Gasteiger partial charge in [-0.25, -0.2) is 0 Å². The van der Waals surface area contributed by atoms with Crippen LogP contribution in [0.2, 0.25) is 0 Å². The van der Waals surface area contributed by atoms with Crippen LogP contribution in [0, 0.1) is 6.92 Å². The number of Topliss-reactive ketones (excluding diaryl/α,β-unsaturated/α-hetero) is 1. The lowest BCUT2D eigenvalue weighted by molar-refractivity contribution is -0.120. The Morgan fingerprint density at radius 3 is 2.73 bits per heavy atom. The monoisotopic (exact) mass is 305 g/mol. The summed E-state index contributed by atoms with van der Waals surface area (Å²) in [5, 5.41) is 4.72. The molecule has 0 atom stereocenters. The standard InChI is InChI=1S/C17H27N3O2/c1-14-11-15(18-20(14)16-5-3-2-4-6-16)12-17(21)13-19-7-9-22-10-8-19/h11,16H,2-10,12-13H2,1H3. The molecule has 0 bridgehead atoms. The first-order chi connectivity index (χ1) is 10.7. The molecule has 2 heterocycles. The van der Waals surface area contributed by atoms with Crippen LogP contribution in [0.4, 0.5) is 0 Å². The molecule has 5 heteroatoms. The van der Waals surface area contributed by atoms with Gasteiger partial charge >= 0.3 is 0 Å². The van der Waals surface area contributed by atoms with Crippen LogP contribution in [0.15, 0.2) is 6.07 Å². The van der Waals surface area contributed by atoms with Gasteiger partial charge in [-0.1, -0.05) is 19.3 Å². The van der Waals surface area contributed by atoms with E-state index in [2.05, 4.69) is 22.6 Å². The Bertz CT molecular complexity index is 500. The zero-order valence-corrected chi connectivity index (χ0v) is 13.6. The van der Waals surface area contributed by atoms with Crippen molar-refractivity contribution in [2.45, 2.75) is 51.5 Å². The van der Waals surface area contributed by atoms with Crippen molar-refractivity contribution in [3.05, 3.63) is 17.5 Å². The fourth-order valence-corrected chi connectivity index (χ4v) is 3.60. The fraction of sp³-hybridized carbons (Fsp3) is 0.765. The van der Waals surface area contributed by atoms with Gasteiger partial charge in [0.1, 0.15) is 0 Å². The average Bonchev–Trinajstić information content (AvgIpc) is 2.89. The number of hydrogen-bond acceptors (Lipinski definition) is 4. The molecular weight excluding hydrogens is 278 g/mol. The lowest BCUT2D eigenvalue weighted by atomic mass is 9.95.